The van der Waals surface area contributed by atoms with Gasteiger partial charge in [-0.05, 0) is 63.5 Å². The first-order valence-corrected chi connectivity index (χ1v) is 10.7. The van der Waals surface area contributed by atoms with Crippen LogP contribution >= 0.6 is 23.2 Å². The van der Waals surface area contributed by atoms with E-state index < -0.39 is 0 Å². The Balaban J connectivity index is 2.34. The van der Waals surface area contributed by atoms with E-state index in [1.807, 2.05) is 39.8 Å². The van der Waals surface area contributed by atoms with Crippen LogP contribution in [0.25, 0.3) is 0 Å². The molecule has 0 radical (unpaired) electrons. The molecule has 0 unspecified atom stereocenters. The molecule has 29 heavy (non-hydrogen) atoms. The predicted octanol–water partition coefficient (Wildman–Crippen LogP) is 6.23. The minimum absolute atomic E-state index is 0.199. The Bertz CT molecular complexity index is 666. The largest absolute Gasteiger partial charge is 0.493 e. The second-order valence-electron chi connectivity index (χ2n) is 7.48. The summed E-state index contributed by atoms with van der Waals surface area (Å²) in [5, 5.41) is 3.92. The Kier molecular flexibility index (Phi) is 12.1. The van der Waals surface area contributed by atoms with Gasteiger partial charge in [-0.2, -0.15) is 0 Å². The lowest BCUT2D eigenvalue weighted by molar-refractivity contribution is 0.00127. The zero-order valence-corrected chi connectivity index (χ0v) is 19.6. The van der Waals surface area contributed by atoms with Crippen molar-refractivity contribution in [2.24, 2.45) is 5.16 Å². The molecular formula is C22H33Cl2NO4. The van der Waals surface area contributed by atoms with Gasteiger partial charge in [0, 0.05) is 25.7 Å². The van der Waals surface area contributed by atoms with Gasteiger partial charge in [-0.15, -0.1) is 0 Å². The van der Waals surface area contributed by atoms with E-state index in [4.69, 9.17) is 42.3 Å². The molecule has 7 heteroatoms. The summed E-state index contributed by atoms with van der Waals surface area (Å²) in [6.45, 7) is 12.2. The molecule has 0 saturated carbocycles. The summed E-state index contributed by atoms with van der Waals surface area (Å²) >= 11 is 11.2. The number of hydrogen-bond donors (Lipinski definition) is 0. The molecule has 1 aromatic carbocycles. The fraction of sp³-hybridized carbons (Fsp3) is 0.591. The van der Waals surface area contributed by atoms with Crippen molar-refractivity contribution in [3.05, 3.63) is 33.8 Å². The second-order valence-corrected chi connectivity index (χ2v) is 8.49. The van der Waals surface area contributed by atoms with Crippen molar-refractivity contribution in [2.75, 3.05) is 26.4 Å². The van der Waals surface area contributed by atoms with Crippen LogP contribution in [-0.2, 0) is 16.0 Å². The third kappa shape index (κ3) is 12.0. The van der Waals surface area contributed by atoms with Gasteiger partial charge in [-0.1, -0.05) is 35.3 Å². The zero-order valence-electron chi connectivity index (χ0n) is 18.1. The van der Waals surface area contributed by atoms with E-state index in [-0.39, 0.29) is 10.1 Å². The topological polar surface area (TPSA) is 49.3 Å². The van der Waals surface area contributed by atoms with Gasteiger partial charge in [0.25, 0.3) is 0 Å². The van der Waals surface area contributed by atoms with Crippen LogP contribution in [0.2, 0.25) is 0 Å². The maximum atomic E-state index is 6.00. The average Bonchev–Trinajstić information content (AvgIpc) is 2.63. The van der Waals surface area contributed by atoms with Gasteiger partial charge in [0.1, 0.15) is 28.2 Å². The molecular weight excluding hydrogens is 413 g/mol. The lowest BCUT2D eigenvalue weighted by Gasteiger charge is -2.16. The SMILES string of the molecule is CCc1cc(OCC=C(Cl)Cl)cc(C)c1OCCCOCC/C=N/OC(C)(C)C. The highest BCUT2D eigenvalue weighted by Crippen LogP contribution is 2.30. The molecule has 0 saturated heterocycles. The second kappa shape index (κ2) is 13.7. The summed E-state index contributed by atoms with van der Waals surface area (Å²) < 4.78 is 17.5. The van der Waals surface area contributed by atoms with E-state index >= 15 is 0 Å². The summed E-state index contributed by atoms with van der Waals surface area (Å²) in [4.78, 5) is 5.27. The van der Waals surface area contributed by atoms with Crippen molar-refractivity contribution in [1.82, 2.24) is 0 Å². The number of ether oxygens (including phenoxy) is 3. The molecule has 0 fully saturated rings. The summed E-state index contributed by atoms with van der Waals surface area (Å²) in [5.41, 5.74) is 1.89. The lowest BCUT2D eigenvalue weighted by Crippen LogP contribution is -2.15. The zero-order chi connectivity index (χ0) is 21.7. The van der Waals surface area contributed by atoms with E-state index in [0.717, 1.165) is 41.9 Å². The minimum atomic E-state index is -0.260. The Morgan fingerprint density at radius 1 is 1.10 bits per heavy atom. The van der Waals surface area contributed by atoms with E-state index in [2.05, 4.69) is 12.1 Å². The van der Waals surface area contributed by atoms with Crippen molar-refractivity contribution < 1.29 is 19.0 Å². The fourth-order valence-electron chi connectivity index (χ4n) is 2.39. The molecule has 0 aliphatic rings. The summed E-state index contributed by atoms with van der Waals surface area (Å²) in [7, 11) is 0. The van der Waals surface area contributed by atoms with Crippen LogP contribution in [0.1, 0.15) is 51.7 Å². The molecule has 0 aliphatic carbocycles. The Labute approximate surface area is 184 Å². The van der Waals surface area contributed by atoms with Gasteiger partial charge < -0.3 is 19.0 Å². The monoisotopic (exact) mass is 445 g/mol. The van der Waals surface area contributed by atoms with Crippen molar-refractivity contribution in [2.45, 2.75) is 59.5 Å². The third-order valence-electron chi connectivity index (χ3n) is 3.67. The number of oxime groups is 1. The molecule has 0 N–H and O–H groups in total. The molecule has 1 rings (SSSR count). The molecule has 0 amide bonds. The van der Waals surface area contributed by atoms with Gasteiger partial charge in [0.05, 0.1) is 13.2 Å². The van der Waals surface area contributed by atoms with Crippen molar-refractivity contribution in [3.8, 4) is 11.5 Å². The average molecular weight is 446 g/mol. The van der Waals surface area contributed by atoms with Gasteiger partial charge in [0.2, 0.25) is 0 Å². The number of aryl methyl sites for hydroxylation is 2. The van der Waals surface area contributed by atoms with Crippen LogP contribution in [0.4, 0.5) is 0 Å². The molecule has 0 heterocycles. The van der Waals surface area contributed by atoms with Gasteiger partial charge >= 0.3 is 0 Å². The first-order chi connectivity index (χ1) is 13.7. The highest BCUT2D eigenvalue weighted by molar-refractivity contribution is 6.55. The summed E-state index contributed by atoms with van der Waals surface area (Å²) in [6.07, 6.45) is 5.74. The van der Waals surface area contributed by atoms with Crippen LogP contribution in [-0.4, -0.2) is 38.2 Å². The van der Waals surface area contributed by atoms with Gasteiger partial charge in [-0.3, -0.25) is 0 Å². The van der Waals surface area contributed by atoms with Crippen LogP contribution in [0, 0.1) is 6.92 Å². The maximum absolute atomic E-state index is 6.00. The Morgan fingerprint density at radius 3 is 2.52 bits per heavy atom. The fourth-order valence-corrected chi connectivity index (χ4v) is 2.51. The lowest BCUT2D eigenvalue weighted by atomic mass is 10.1. The molecule has 1 aromatic rings. The first-order valence-electron chi connectivity index (χ1n) is 9.91. The molecule has 0 aromatic heterocycles. The normalized spacial score (nSPS) is 11.6. The highest BCUT2D eigenvalue weighted by Gasteiger charge is 2.10. The molecule has 0 atom stereocenters. The smallest absolute Gasteiger partial charge is 0.129 e. The van der Waals surface area contributed by atoms with Crippen LogP contribution in [0.3, 0.4) is 0 Å². The first kappa shape index (κ1) is 25.6. The number of halogens is 2. The van der Waals surface area contributed by atoms with Crippen LogP contribution in [0.5, 0.6) is 11.5 Å². The summed E-state index contributed by atoms with van der Waals surface area (Å²) in [5.74, 6) is 1.69. The van der Waals surface area contributed by atoms with Crippen molar-refractivity contribution in [1.29, 1.82) is 0 Å². The van der Waals surface area contributed by atoms with E-state index in [1.165, 1.54) is 0 Å². The van der Waals surface area contributed by atoms with Crippen LogP contribution in [0.15, 0.2) is 27.9 Å². The van der Waals surface area contributed by atoms with Crippen molar-refractivity contribution >= 4 is 29.4 Å². The highest BCUT2D eigenvalue weighted by atomic mass is 35.5. The predicted molar refractivity (Wildman–Crippen MR) is 121 cm³/mol. The molecule has 164 valence electrons. The third-order valence-corrected chi connectivity index (χ3v) is 3.97. The molecule has 5 nitrogen and oxygen atoms in total. The standard InChI is InChI=1S/C22H33Cl2NO4/c1-6-18-16-19(27-14-9-20(23)24)15-17(2)21(18)28-13-8-12-26-11-7-10-25-29-22(3,4)5/h9-10,15-16H,6-8,11-14H2,1-5H3/b25-10+. The quantitative estimate of drug-likeness (QED) is 0.205. The summed E-state index contributed by atoms with van der Waals surface area (Å²) in [6, 6.07) is 3.95. The van der Waals surface area contributed by atoms with E-state index in [1.54, 1.807) is 12.3 Å². The van der Waals surface area contributed by atoms with Crippen molar-refractivity contribution in [3.63, 3.8) is 0 Å². The number of hydrogen-bond acceptors (Lipinski definition) is 5. The molecule has 0 spiro atoms. The Morgan fingerprint density at radius 2 is 1.86 bits per heavy atom. The number of benzene rings is 1. The molecule has 0 bridgehead atoms. The minimum Gasteiger partial charge on any atom is -0.493 e. The van der Waals surface area contributed by atoms with Crippen LogP contribution < -0.4 is 9.47 Å². The van der Waals surface area contributed by atoms with Gasteiger partial charge in [0.15, 0.2) is 0 Å². The Hall–Kier alpha value is -1.43. The van der Waals surface area contributed by atoms with Gasteiger partial charge in [-0.25, -0.2) is 0 Å². The number of rotatable bonds is 13. The van der Waals surface area contributed by atoms with E-state index in [0.29, 0.717) is 26.4 Å². The molecule has 0 aliphatic heterocycles. The van der Waals surface area contributed by atoms with E-state index in [9.17, 15) is 0 Å². The maximum Gasteiger partial charge on any atom is 0.129 e. The number of nitrogens with zero attached hydrogens (tertiary/aromatic N) is 1.